The molecule has 5 heteroatoms. The fraction of sp³-hybridized carbons (Fsp3) is 0.357. The SMILES string of the molecule is CCNc1nc(-c2ccc(C)nc2)nc(CC)c1I. The van der Waals surface area contributed by atoms with Crippen LogP contribution >= 0.6 is 22.6 Å². The molecule has 0 saturated heterocycles. The first-order valence-electron chi connectivity index (χ1n) is 6.39. The highest BCUT2D eigenvalue weighted by Crippen LogP contribution is 2.24. The Hall–Kier alpha value is -1.24. The van der Waals surface area contributed by atoms with Gasteiger partial charge in [0.25, 0.3) is 0 Å². The van der Waals surface area contributed by atoms with Crippen molar-refractivity contribution in [3.05, 3.63) is 33.3 Å². The van der Waals surface area contributed by atoms with Gasteiger partial charge in [-0.2, -0.15) is 0 Å². The van der Waals surface area contributed by atoms with E-state index in [0.29, 0.717) is 0 Å². The topological polar surface area (TPSA) is 50.7 Å². The fourth-order valence-electron chi connectivity index (χ4n) is 1.74. The molecular formula is C14H17IN4. The van der Waals surface area contributed by atoms with Crippen LogP contribution in [0.2, 0.25) is 0 Å². The first-order valence-corrected chi connectivity index (χ1v) is 7.46. The molecule has 4 nitrogen and oxygen atoms in total. The van der Waals surface area contributed by atoms with Crippen molar-refractivity contribution in [1.82, 2.24) is 15.0 Å². The standard InChI is InChI=1S/C14H17IN4/c1-4-11-12(15)14(16-5-2)19-13(18-11)10-7-6-9(3)17-8-10/h6-8H,4-5H2,1-3H3,(H,16,18,19). The average Bonchev–Trinajstić information content (AvgIpc) is 2.42. The second-order valence-corrected chi connectivity index (χ2v) is 5.31. The molecule has 0 aliphatic carbocycles. The van der Waals surface area contributed by atoms with Gasteiger partial charge in [0.05, 0.1) is 9.26 Å². The van der Waals surface area contributed by atoms with Crippen molar-refractivity contribution in [3.63, 3.8) is 0 Å². The highest BCUT2D eigenvalue weighted by Gasteiger charge is 2.11. The highest BCUT2D eigenvalue weighted by molar-refractivity contribution is 14.1. The van der Waals surface area contributed by atoms with E-state index >= 15 is 0 Å². The van der Waals surface area contributed by atoms with E-state index in [9.17, 15) is 0 Å². The van der Waals surface area contributed by atoms with Gasteiger partial charge in [0.15, 0.2) is 5.82 Å². The van der Waals surface area contributed by atoms with Crippen LogP contribution in [0.15, 0.2) is 18.3 Å². The van der Waals surface area contributed by atoms with Crippen LogP contribution in [0.1, 0.15) is 25.2 Å². The maximum Gasteiger partial charge on any atom is 0.163 e. The number of nitrogens with one attached hydrogen (secondary N) is 1. The summed E-state index contributed by atoms with van der Waals surface area (Å²) in [6.07, 6.45) is 2.72. The van der Waals surface area contributed by atoms with Gasteiger partial charge >= 0.3 is 0 Å². The molecule has 0 unspecified atom stereocenters. The normalized spacial score (nSPS) is 10.5. The molecule has 0 bridgehead atoms. The fourth-order valence-corrected chi connectivity index (χ4v) is 2.55. The third kappa shape index (κ3) is 3.20. The van der Waals surface area contributed by atoms with E-state index < -0.39 is 0 Å². The van der Waals surface area contributed by atoms with E-state index in [1.807, 2.05) is 25.3 Å². The number of hydrogen-bond acceptors (Lipinski definition) is 4. The molecule has 0 amide bonds. The number of aromatic nitrogens is 3. The summed E-state index contributed by atoms with van der Waals surface area (Å²) in [7, 11) is 0. The first-order chi connectivity index (χ1) is 9.15. The molecule has 0 radical (unpaired) electrons. The number of aryl methyl sites for hydroxylation is 2. The summed E-state index contributed by atoms with van der Waals surface area (Å²) in [6, 6.07) is 3.99. The van der Waals surface area contributed by atoms with Gasteiger partial charge in [0.2, 0.25) is 0 Å². The predicted molar refractivity (Wildman–Crippen MR) is 86.3 cm³/mol. The quantitative estimate of drug-likeness (QED) is 0.840. The van der Waals surface area contributed by atoms with E-state index in [1.165, 1.54) is 0 Å². The molecule has 0 aromatic carbocycles. The summed E-state index contributed by atoms with van der Waals surface area (Å²) in [5.41, 5.74) is 3.02. The molecule has 0 saturated carbocycles. The predicted octanol–water partition coefficient (Wildman–Crippen LogP) is 3.45. The van der Waals surface area contributed by atoms with Crippen LogP contribution in [-0.4, -0.2) is 21.5 Å². The number of rotatable bonds is 4. The molecule has 2 heterocycles. The lowest BCUT2D eigenvalue weighted by Gasteiger charge is -2.11. The van der Waals surface area contributed by atoms with Crippen molar-refractivity contribution < 1.29 is 0 Å². The number of hydrogen-bond donors (Lipinski definition) is 1. The van der Waals surface area contributed by atoms with Crippen LogP contribution in [-0.2, 0) is 6.42 Å². The monoisotopic (exact) mass is 368 g/mol. The Morgan fingerprint density at radius 1 is 1.21 bits per heavy atom. The Bertz CT molecular complexity index is 566. The zero-order chi connectivity index (χ0) is 13.8. The minimum atomic E-state index is 0.737. The van der Waals surface area contributed by atoms with Crippen LogP contribution in [0, 0.1) is 10.5 Å². The summed E-state index contributed by atoms with van der Waals surface area (Å²) in [6.45, 7) is 7.00. The molecule has 2 aromatic heterocycles. The van der Waals surface area contributed by atoms with Gasteiger partial charge in [-0.1, -0.05) is 6.92 Å². The average molecular weight is 368 g/mol. The summed E-state index contributed by atoms with van der Waals surface area (Å²) in [5, 5.41) is 3.29. The summed E-state index contributed by atoms with van der Waals surface area (Å²) < 4.78 is 1.10. The van der Waals surface area contributed by atoms with Crippen molar-refractivity contribution in [2.75, 3.05) is 11.9 Å². The van der Waals surface area contributed by atoms with E-state index in [4.69, 9.17) is 0 Å². The largest absolute Gasteiger partial charge is 0.369 e. The number of halogens is 1. The first kappa shape index (κ1) is 14.2. The van der Waals surface area contributed by atoms with Crippen molar-refractivity contribution in [1.29, 1.82) is 0 Å². The molecule has 0 aliphatic heterocycles. The Kier molecular flexibility index (Phi) is 4.68. The number of pyridine rings is 1. The highest BCUT2D eigenvalue weighted by atomic mass is 127. The van der Waals surface area contributed by atoms with Gasteiger partial charge in [-0.3, -0.25) is 4.98 Å². The van der Waals surface area contributed by atoms with Gasteiger partial charge in [0.1, 0.15) is 5.82 Å². The van der Waals surface area contributed by atoms with E-state index in [2.05, 4.69) is 56.7 Å². The molecule has 0 fully saturated rings. The summed E-state index contributed by atoms with van der Waals surface area (Å²) in [5.74, 6) is 1.64. The van der Waals surface area contributed by atoms with Crippen molar-refractivity contribution in [2.45, 2.75) is 27.2 Å². The van der Waals surface area contributed by atoms with E-state index in [1.54, 1.807) is 0 Å². The Balaban J connectivity index is 2.51. The van der Waals surface area contributed by atoms with E-state index in [0.717, 1.165) is 45.1 Å². The van der Waals surface area contributed by atoms with Gasteiger partial charge in [-0.15, -0.1) is 0 Å². The number of anilines is 1. The Morgan fingerprint density at radius 2 is 2.00 bits per heavy atom. The molecule has 0 spiro atoms. The number of nitrogens with zero attached hydrogens (tertiary/aromatic N) is 3. The smallest absolute Gasteiger partial charge is 0.163 e. The molecule has 2 aromatic rings. The molecule has 100 valence electrons. The minimum absolute atomic E-state index is 0.737. The zero-order valence-corrected chi connectivity index (χ0v) is 13.5. The molecule has 0 aliphatic rings. The van der Waals surface area contributed by atoms with Gasteiger partial charge < -0.3 is 5.32 Å². The second-order valence-electron chi connectivity index (χ2n) is 4.23. The molecule has 1 N–H and O–H groups in total. The Morgan fingerprint density at radius 3 is 2.58 bits per heavy atom. The third-order valence-electron chi connectivity index (χ3n) is 2.77. The van der Waals surface area contributed by atoms with Crippen LogP contribution in [0.5, 0.6) is 0 Å². The zero-order valence-electron chi connectivity index (χ0n) is 11.4. The molecular weight excluding hydrogens is 351 g/mol. The maximum atomic E-state index is 4.63. The molecule has 19 heavy (non-hydrogen) atoms. The summed E-state index contributed by atoms with van der Waals surface area (Å²) >= 11 is 2.30. The minimum Gasteiger partial charge on any atom is -0.369 e. The summed E-state index contributed by atoms with van der Waals surface area (Å²) in [4.78, 5) is 13.5. The lowest BCUT2D eigenvalue weighted by molar-refractivity contribution is 0.980. The van der Waals surface area contributed by atoms with Crippen LogP contribution < -0.4 is 5.32 Å². The van der Waals surface area contributed by atoms with Crippen LogP contribution in [0.4, 0.5) is 5.82 Å². The van der Waals surface area contributed by atoms with E-state index in [-0.39, 0.29) is 0 Å². The third-order valence-corrected chi connectivity index (χ3v) is 3.90. The van der Waals surface area contributed by atoms with Crippen LogP contribution in [0.25, 0.3) is 11.4 Å². The molecule has 0 atom stereocenters. The van der Waals surface area contributed by atoms with Gasteiger partial charge in [0, 0.05) is 24.0 Å². The van der Waals surface area contributed by atoms with Crippen LogP contribution in [0.3, 0.4) is 0 Å². The lowest BCUT2D eigenvalue weighted by atomic mass is 10.2. The van der Waals surface area contributed by atoms with Crippen molar-refractivity contribution in [3.8, 4) is 11.4 Å². The Labute approximate surface area is 127 Å². The van der Waals surface area contributed by atoms with Crippen molar-refractivity contribution >= 4 is 28.4 Å². The maximum absolute atomic E-state index is 4.63. The second kappa shape index (κ2) is 6.27. The van der Waals surface area contributed by atoms with Gasteiger partial charge in [-0.25, -0.2) is 9.97 Å². The van der Waals surface area contributed by atoms with Crippen molar-refractivity contribution in [2.24, 2.45) is 0 Å². The molecule has 2 rings (SSSR count). The van der Waals surface area contributed by atoms with Gasteiger partial charge in [-0.05, 0) is 55.0 Å². The lowest BCUT2D eigenvalue weighted by Crippen LogP contribution is -2.07.